The van der Waals surface area contributed by atoms with Gasteiger partial charge in [-0.15, -0.1) is 0 Å². The molecule has 1 amide bonds. The maximum absolute atomic E-state index is 11.7. The first-order chi connectivity index (χ1) is 8.89. The minimum absolute atomic E-state index is 0.0352. The van der Waals surface area contributed by atoms with Crippen LogP contribution in [0.3, 0.4) is 0 Å². The zero-order valence-electron chi connectivity index (χ0n) is 11.2. The Hall–Kier alpha value is -2.06. The lowest BCUT2D eigenvalue weighted by Crippen LogP contribution is -2.42. The second-order valence-electron chi connectivity index (χ2n) is 5.55. The summed E-state index contributed by atoms with van der Waals surface area (Å²) in [5.41, 5.74) is 7.94. The van der Waals surface area contributed by atoms with Crippen molar-refractivity contribution in [2.45, 2.75) is 25.8 Å². The number of fused-ring (bicyclic) bond motifs is 1. The second kappa shape index (κ2) is 4.90. The molecule has 5 heteroatoms. The Morgan fingerprint density at radius 3 is 2.89 bits per heavy atom. The van der Waals surface area contributed by atoms with Crippen molar-refractivity contribution < 1.29 is 4.79 Å². The monoisotopic (exact) mass is 258 g/mol. The Balaban J connectivity index is 2.26. The van der Waals surface area contributed by atoms with Crippen LogP contribution >= 0.6 is 0 Å². The Bertz CT molecular complexity index is 539. The molecule has 0 saturated heterocycles. The van der Waals surface area contributed by atoms with Crippen LogP contribution in [-0.4, -0.2) is 24.5 Å². The number of nitrogens with zero attached hydrogens (tertiary/aromatic N) is 2. The number of nitriles is 1. The summed E-state index contributed by atoms with van der Waals surface area (Å²) in [6.07, 6.45) is 0.774. The smallest absolute Gasteiger partial charge is 0.243 e. The number of carbonyl (C=O) groups excluding carboxylic acids is 1. The molecule has 0 bridgehead atoms. The standard InChI is InChI=1S/C14H18N4O/c1-14(2,16)5-6-18-9-13(19)17-11-4-3-10(8-15)7-12(11)18/h3-4,7H,5-6,9,16H2,1-2H3,(H,17,19). The number of anilines is 2. The number of benzene rings is 1. The summed E-state index contributed by atoms with van der Waals surface area (Å²) in [7, 11) is 0. The van der Waals surface area contributed by atoms with Gasteiger partial charge < -0.3 is 16.0 Å². The summed E-state index contributed by atoms with van der Waals surface area (Å²) in [6, 6.07) is 7.39. The minimum atomic E-state index is -0.277. The molecule has 0 spiro atoms. The van der Waals surface area contributed by atoms with E-state index in [1.54, 1.807) is 18.2 Å². The molecule has 0 fully saturated rings. The fourth-order valence-corrected chi connectivity index (χ4v) is 2.04. The lowest BCUT2D eigenvalue weighted by atomic mass is 10.0. The molecule has 5 nitrogen and oxygen atoms in total. The summed E-state index contributed by atoms with van der Waals surface area (Å²) >= 11 is 0. The zero-order valence-corrected chi connectivity index (χ0v) is 11.2. The first-order valence-electron chi connectivity index (χ1n) is 6.27. The van der Waals surface area contributed by atoms with Crippen molar-refractivity contribution in [1.82, 2.24) is 0 Å². The Kier molecular flexibility index (Phi) is 3.45. The Labute approximate surface area is 113 Å². The van der Waals surface area contributed by atoms with Crippen LogP contribution in [0.4, 0.5) is 11.4 Å². The number of nitrogens with one attached hydrogen (secondary N) is 1. The van der Waals surface area contributed by atoms with E-state index in [-0.39, 0.29) is 11.4 Å². The molecule has 0 radical (unpaired) electrons. The van der Waals surface area contributed by atoms with E-state index in [2.05, 4.69) is 11.4 Å². The number of amides is 1. The second-order valence-corrected chi connectivity index (χ2v) is 5.55. The molecule has 3 N–H and O–H groups in total. The number of nitrogens with two attached hydrogens (primary N) is 1. The SMILES string of the molecule is CC(C)(N)CCN1CC(=O)Nc2ccc(C#N)cc21. The highest BCUT2D eigenvalue weighted by Gasteiger charge is 2.23. The third kappa shape index (κ3) is 3.24. The molecule has 0 saturated carbocycles. The minimum Gasteiger partial charge on any atom is -0.360 e. The van der Waals surface area contributed by atoms with Crippen LogP contribution in [-0.2, 0) is 4.79 Å². The van der Waals surface area contributed by atoms with Gasteiger partial charge in [-0.1, -0.05) is 0 Å². The van der Waals surface area contributed by atoms with Crippen molar-refractivity contribution in [3.05, 3.63) is 23.8 Å². The number of hydrogen-bond donors (Lipinski definition) is 2. The third-order valence-electron chi connectivity index (χ3n) is 3.10. The first-order valence-corrected chi connectivity index (χ1v) is 6.27. The van der Waals surface area contributed by atoms with Gasteiger partial charge in [0.25, 0.3) is 0 Å². The predicted molar refractivity (Wildman–Crippen MR) is 74.9 cm³/mol. The van der Waals surface area contributed by atoms with Crippen molar-refractivity contribution >= 4 is 17.3 Å². The van der Waals surface area contributed by atoms with Crippen LogP contribution in [0.25, 0.3) is 0 Å². The van der Waals surface area contributed by atoms with Crippen LogP contribution in [0.15, 0.2) is 18.2 Å². The summed E-state index contributed by atoms with van der Waals surface area (Å²) in [4.78, 5) is 13.6. The van der Waals surface area contributed by atoms with E-state index >= 15 is 0 Å². The molecule has 0 unspecified atom stereocenters. The highest BCUT2D eigenvalue weighted by atomic mass is 16.2. The van der Waals surface area contributed by atoms with Crippen LogP contribution < -0.4 is 16.0 Å². The van der Waals surface area contributed by atoms with Crippen LogP contribution in [0.5, 0.6) is 0 Å². The number of hydrogen-bond acceptors (Lipinski definition) is 4. The molecule has 1 aromatic carbocycles. The molecule has 1 heterocycles. The highest BCUT2D eigenvalue weighted by molar-refractivity contribution is 6.01. The van der Waals surface area contributed by atoms with Crippen molar-refractivity contribution in [3.8, 4) is 6.07 Å². The summed E-state index contributed by atoms with van der Waals surface area (Å²) in [5.74, 6) is -0.0352. The molecule has 0 aliphatic carbocycles. The lowest BCUT2D eigenvalue weighted by molar-refractivity contribution is -0.115. The van der Waals surface area contributed by atoms with Gasteiger partial charge in [-0.3, -0.25) is 4.79 Å². The van der Waals surface area contributed by atoms with Gasteiger partial charge in [0.1, 0.15) is 0 Å². The van der Waals surface area contributed by atoms with E-state index in [0.29, 0.717) is 18.7 Å². The van der Waals surface area contributed by atoms with Gasteiger partial charge in [-0.25, -0.2) is 0 Å². The van der Waals surface area contributed by atoms with E-state index < -0.39 is 0 Å². The Morgan fingerprint density at radius 1 is 1.53 bits per heavy atom. The summed E-state index contributed by atoms with van der Waals surface area (Å²) in [5, 5.41) is 11.8. The molecule has 19 heavy (non-hydrogen) atoms. The topological polar surface area (TPSA) is 82.2 Å². The zero-order chi connectivity index (χ0) is 14.0. The predicted octanol–water partition coefficient (Wildman–Crippen LogP) is 1.44. The van der Waals surface area contributed by atoms with E-state index in [0.717, 1.165) is 17.8 Å². The molecule has 1 aliphatic rings. The summed E-state index contributed by atoms with van der Waals surface area (Å²) in [6.45, 7) is 4.92. The maximum atomic E-state index is 11.7. The largest absolute Gasteiger partial charge is 0.360 e. The third-order valence-corrected chi connectivity index (χ3v) is 3.10. The van der Waals surface area contributed by atoms with Gasteiger partial charge in [0.05, 0.1) is 29.6 Å². The highest BCUT2D eigenvalue weighted by Crippen LogP contribution is 2.30. The van der Waals surface area contributed by atoms with Gasteiger partial charge in [-0.2, -0.15) is 5.26 Å². The first kappa shape index (κ1) is 13.4. The van der Waals surface area contributed by atoms with Crippen molar-refractivity contribution in [2.24, 2.45) is 5.73 Å². The van der Waals surface area contributed by atoms with Gasteiger partial charge in [0.15, 0.2) is 0 Å². The van der Waals surface area contributed by atoms with Gasteiger partial charge in [-0.05, 0) is 38.5 Å². The quantitative estimate of drug-likeness (QED) is 0.859. The van der Waals surface area contributed by atoms with E-state index in [9.17, 15) is 4.79 Å². The fraction of sp³-hybridized carbons (Fsp3) is 0.429. The van der Waals surface area contributed by atoms with Crippen molar-refractivity contribution in [3.63, 3.8) is 0 Å². The van der Waals surface area contributed by atoms with Crippen LogP contribution in [0.2, 0.25) is 0 Å². The normalized spacial score (nSPS) is 14.6. The average molecular weight is 258 g/mol. The van der Waals surface area contributed by atoms with Crippen LogP contribution in [0, 0.1) is 11.3 Å². The molecule has 0 atom stereocenters. The number of rotatable bonds is 3. The van der Waals surface area contributed by atoms with E-state index in [1.807, 2.05) is 18.7 Å². The molecule has 1 aromatic rings. The van der Waals surface area contributed by atoms with Gasteiger partial charge in [0.2, 0.25) is 5.91 Å². The molecule has 100 valence electrons. The van der Waals surface area contributed by atoms with Crippen LogP contribution in [0.1, 0.15) is 25.8 Å². The maximum Gasteiger partial charge on any atom is 0.243 e. The van der Waals surface area contributed by atoms with E-state index in [4.69, 9.17) is 11.0 Å². The van der Waals surface area contributed by atoms with Gasteiger partial charge >= 0.3 is 0 Å². The molecule has 2 rings (SSSR count). The molecule has 0 aromatic heterocycles. The van der Waals surface area contributed by atoms with Crippen molar-refractivity contribution in [2.75, 3.05) is 23.3 Å². The summed E-state index contributed by atoms with van der Waals surface area (Å²) < 4.78 is 0. The Morgan fingerprint density at radius 2 is 2.26 bits per heavy atom. The fourth-order valence-electron chi connectivity index (χ4n) is 2.04. The van der Waals surface area contributed by atoms with Crippen molar-refractivity contribution in [1.29, 1.82) is 5.26 Å². The average Bonchev–Trinajstić information content (AvgIpc) is 2.34. The van der Waals surface area contributed by atoms with E-state index in [1.165, 1.54) is 0 Å². The molecular formula is C14H18N4O. The molecular weight excluding hydrogens is 240 g/mol. The molecule has 1 aliphatic heterocycles. The number of carbonyl (C=O) groups is 1. The lowest BCUT2D eigenvalue weighted by Gasteiger charge is -2.33. The van der Waals surface area contributed by atoms with Gasteiger partial charge in [0, 0.05) is 12.1 Å².